The second-order valence-electron chi connectivity index (χ2n) is 37.1. The first kappa shape index (κ1) is 82.6. The zero-order valence-electron chi connectivity index (χ0n) is 71.3. The quantitative estimate of drug-likeness (QED) is 0.0648. The summed E-state index contributed by atoms with van der Waals surface area (Å²) >= 11 is 0. The summed E-state index contributed by atoms with van der Waals surface area (Å²) in [4.78, 5) is 2.36. The average Bonchev–Trinajstić information content (AvgIpc) is 0.799. The van der Waals surface area contributed by atoms with Crippen molar-refractivity contribution in [2.24, 2.45) is 0 Å². The Labute approximate surface area is 690 Å². The van der Waals surface area contributed by atoms with Gasteiger partial charge in [0, 0.05) is 17.1 Å². The van der Waals surface area contributed by atoms with Crippen LogP contribution in [0, 0.1) is 0 Å². The van der Waals surface area contributed by atoms with Gasteiger partial charge >= 0.3 is 0 Å². The van der Waals surface area contributed by atoms with Crippen LogP contribution in [0.25, 0.3) is 109 Å². The fourth-order valence-electron chi connectivity index (χ4n) is 13.9. The van der Waals surface area contributed by atoms with Crippen LogP contribution in [0.15, 0.2) is 273 Å². The summed E-state index contributed by atoms with van der Waals surface area (Å²) in [6.07, 6.45) is 40.2. The molecule has 578 valence electrons. The SMILES string of the molecule is CC(C)(C)c1ccc(/C=C/c2cc(/C=C/c3ccc(N(c4ccc(/C=C/c5cc(/C=C/c6ccc(C(C)(C)C)cc6)cc(/C=C/c6ccc(C(C)(C)C)cc6)c5)cc4)c4ccc(/C=C/c5cc(/C=C/c6ccc(C(C)(C)C)cc6)cc(/C=C/c6ccc(C(C)(C)C)cc6)c5)cc4)cc3)cc(/C=C/c3ccc(C(C)(C)C)cc3)c2)cc1. The Hall–Kier alpha value is -11.9. The minimum absolute atomic E-state index is 0.0921. The Morgan fingerprint density at radius 1 is 0.130 bits per heavy atom. The van der Waals surface area contributed by atoms with Crippen LogP contribution in [-0.4, -0.2) is 0 Å². The summed E-state index contributed by atoms with van der Waals surface area (Å²) in [6, 6.07) is 101. The molecule has 0 aliphatic heterocycles. The number of rotatable bonds is 21. The molecule has 0 spiro atoms. The van der Waals surface area contributed by atoms with E-state index in [9.17, 15) is 0 Å². The van der Waals surface area contributed by atoms with Gasteiger partial charge in [0.05, 0.1) is 0 Å². The molecule has 1 heteroatoms. The zero-order chi connectivity index (χ0) is 81.7. The number of benzene rings is 12. The van der Waals surface area contributed by atoms with Gasteiger partial charge in [0.15, 0.2) is 0 Å². The van der Waals surface area contributed by atoms with Crippen LogP contribution in [0.1, 0.15) is 258 Å². The number of hydrogen-bond donors (Lipinski definition) is 0. The second kappa shape index (κ2) is 35.6. The van der Waals surface area contributed by atoms with Crippen molar-refractivity contribution in [2.45, 2.75) is 157 Å². The molecular formula is C114H117N. The largest absolute Gasteiger partial charge is 0.311 e. The first-order valence-corrected chi connectivity index (χ1v) is 41.0. The summed E-state index contributed by atoms with van der Waals surface area (Å²) in [5.74, 6) is 0. The fraction of sp³-hybridized carbons (Fsp3) is 0.211. The van der Waals surface area contributed by atoms with Gasteiger partial charge in [-0.15, -0.1) is 0 Å². The molecule has 12 aromatic carbocycles. The lowest BCUT2D eigenvalue weighted by Gasteiger charge is -2.26. The highest BCUT2D eigenvalue weighted by atomic mass is 15.1. The minimum atomic E-state index is 0.0921. The molecule has 1 nitrogen and oxygen atoms in total. The van der Waals surface area contributed by atoms with E-state index in [0.717, 1.165) is 83.8 Å². The van der Waals surface area contributed by atoms with Gasteiger partial charge in [0.2, 0.25) is 0 Å². The normalized spacial score (nSPS) is 13.0. The first-order chi connectivity index (χ1) is 54.6. The summed E-state index contributed by atoms with van der Waals surface area (Å²) in [5.41, 5.74) is 32.2. The molecule has 0 N–H and O–H groups in total. The summed E-state index contributed by atoms with van der Waals surface area (Å²) in [5, 5.41) is 0. The average molecular weight is 1500 g/mol. The van der Waals surface area contributed by atoms with E-state index in [1.165, 1.54) is 66.8 Å². The van der Waals surface area contributed by atoms with E-state index < -0.39 is 0 Å². The zero-order valence-corrected chi connectivity index (χ0v) is 71.3. The van der Waals surface area contributed by atoms with E-state index in [1.54, 1.807) is 0 Å². The van der Waals surface area contributed by atoms with Crippen molar-refractivity contribution in [2.75, 3.05) is 4.90 Å². The predicted molar refractivity (Wildman–Crippen MR) is 512 cm³/mol. The van der Waals surface area contributed by atoms with E-state index in [-0.39, 0.29) is 32.5 Å². The van der Waals surface area contributed by atoms with Crippen LogP contribution in [0.4, 0.5) is 17.1 Å². The van der Waals surface area contributed by atoms with Crippen LogP contribution in [-0.2, 0) is 32.5 Å². The summed E-state index contributed by atoms with van der Waals surface area (Å²) in [6.45, 7) is 40.7. The lowest BCUT2D eigenvalue weighted by molar-refractivity contribution is 0.590. The van der Waals surface area contributed by atoms with Crippen molar-refractivity contribution < 1.29 is 0 Å². The lowest BCUT2D eigenvalue weighted by Crippen LogP contribution is -2.10. The molecule has 0 saturated carbocycles. The molecule has 0 aliphatic rings. The first-order valence-electron chi connectivity index (χ1n) is 41.0. The Kier molecular flexibility index (Phi) is 25.6. The smallest absolute Gasteiger partial charge is 0.0462 e. The third-order valence-corrected chi connectivity index (χ3v) is 21.3. The van der Waals surface area contributed by atoms with Crippen molar-refractivity contribution in [1.82, 2.24) is 0 Å². The van der Waals surface area contributed by atoms with Gasteiger partial charge in [0.25, 0.3) is 0 Å². The van der Waals surface area contributed by atoms with Gasteiger partial charge in [-0.1, -0.05) is 416 Å². The highest BCUT2D eigenvalue weighted by Crippen LogP contribution is 2.37. The molecule has 0 bridgehead atoms. The maximum Gasteiger partial charge on any atom is 0.0462 e. The summed E-state index contributed by atoms with van der Waals surface area (Å²) < 4.78 is 0. The van der Waals surface area contributed by atoms with Gasteiger partial charge in [-0.05, 0) is 257 Å². The standard InChI is InChI=1S/C114H117N/c1-109(2,3)100-55-37-82(38-56-100)19-28-91-73-92(29-20-83-39-57-101(58-40-83)110(4,5)6)77-97(76-91)34-25-88-49-67-106(68-50-88)115(107-69-51-89(52-70-107)26-35-98-78-93(30-21-84-41-59-102(60-42-84)111(7,8)9)74-94(79-98)31-22-85-43-61-103(62-44-85)112(10,11)12)108-71-53-90(54-72-108)27-36-99-80-95(32-23-86-45-63-104(64-46-86)113(13,14)15)75-96(81-99)33-24-87-47-65-105(66-48-87)114(16,17)18/h19-81H,1-18H3/b28-19+,29-20+,30-21+,31-22+,32-23+,33-24+,34-25+,35-26+,36-27+. The van der Waals surface area contributed by atoms with Crippen LogP contribution in [0.3, 0.4) is 0 Å². The van der Waals surface area contributed by atoms with Gasteiger partial charge < -0.3 is 4.90 Å². The van der Waals surface area contributed by atoms with Crippen LogP contribution in [0.2, 0.25) is 0 Å². The third-order valence-electron chi connectivity index (χ3n) is 21.3. The van der Waals surface area contributed by atoms with Gasteiger partial charge in [-0.2, -0.15) is 0 Å². The van der Waals surface area contributed by atoms with Gasteiger partial charge in [-0.3, -0.25) is 0 Å². The molecule has 0 radical (unpaired) electrons. The molecule has 12 rings (SSSR count). The Balaban J connectivity index is 0.863. The molecule has 0 aliphatic carbocycles. The van der Waals surface area contributed by atoms with Crippen molar-refractivity contribution in [3.05, 3.63) is 407 Å². The third kappa shape index (κ3) is 23.9. The van der Waals surface area contributed by atoms with Crippen LogP contribution >= 0.6 is 0 Å². The molecule has 0 saturated heterocycles. The number of hydrogen-bond acceptors (Lipinski definition) is 1. The van der Waals surface area contributed by atoms with E-state index in [0.29, 0.717) is 0 Å². The van der Waals surface area contributed by atoms with Crippen molar-refractivity contribution >= 4 is 126 Å². The molecule has 115 heavy (non-hydrogen) atoms. The highest BCUT2D eigenvalue weighted by molar-refractivity contribution is 5.85. The summed E-state index contributed by atoms with van der Waals surface area (Å²) in [7, 11) is 0. The molecule has 0 unspecified atom stereocenters. The minimum Gasteiger partial charge on any atom is -0.311 e. The molecular weight excluding hydrogens is 1380 g/mol. The monoisotopic (exact) mass is 1500 g/mol. The predicted octanol–water partition coefficient (Wildman–Crippen LogP) is 32.5. The molecule has 12 aromatic rings. The molecule has 0 fully saturated rings. The topological polar surface area (TPSA) is 3.24 Å². The molecule has 0 atom stereocenters. The maximum atomic E-state index is 2.36. The number of anilines is 3. The van der Waals surface area contributed by atoms with Crippen molar-refractivity contribution in [3.63, 3.8) is 0 Å². The van der Waals surface area contributed by atoms with E-state index in [4.69, 9.17) is 0 Å². The van der Waals surface area contributed by atoms with Crippen molar-refractivity contribution in [3.8, 4) is 0 Å². The Morgan fingerprint density at radius 3 is 0.330 bits per heavy atom. The fourth-order valence-corrected chi connectivity index (χ4v) is 13.9. The molecule has 0 aromatic heterocycles. The van der Waals surface area contributed by atoms with Gasteiger partial charge in [0.1, 0.15) is 0 Å². The number of nitrogens with zero attached hydrogens (tertiary/aromatic N) is 1. The lowest BCUT2D eigenvalue weighted by atomic mass is 9.86. The highest BCUT2D eigenvalue weighted by Gasteiger charge is 2.19. The van der Waals surface area contributed by atoms with Crippen LogP contribution in [0.5, 0.6) is 0 Å². The second-order valence-corrected chi connectivity index (χ2v) is 37.1. The molecule has 0 heterocycles. The van der Waals surface area contributed by atoms with Crippen LogP contribution < -0.4 is 4.90 Å². The van der Waals surface area contributed by atoms with E-state index >= 15 is 0 Å². The van der Waals surface area contributed by atoms with Gasteiger partial charge in [-0.25, -0.2) is 0 Å². The maximum absolute atomic E-state index is 2.36. The van der Waals surface area contributed by atoms with E-state index in [1.807, 2.05) is 0 Å². The Bertz CT molecular complexity index is 4740. The van der Waals surface area contributed by atoms with E-state index in [2.05, 4.69) is 512 Å². The molecule has 0 amide bonds. The Morgan fingerprint density at radius 2 is 0.226 bits per heavy atom. The van der Waals surface area contributed by atoms with Crippen molar-refractivity contribution in [1.29, 1.82) is 0 Å².